The molecule has 0 N–H and O–H groups in total. The Kier molecular flexibility index (Phi) is 2.43. The molecular formula is C17H24O5. The predicted octanol–water partition coefficient (Wildman–Crippen LogP) is 2.28. The zero-order valence-corrected chi connectivity index (χ0v) is 13.9. The van der Waals surface area contributed by atoms with E-state index in [0.29, 0.717) is 19.4 Å². The Morgan fingerprint density at radius 3 is 2.45 bits per heavy atom. The van der Waals surface area contributed by atoms with Crippen molar-refractivity contribution < 1.29 is 23.8 Å². The third-order valence-corrected chi connectivity index (χ3v) is 7.24. The maximum atomic E-state index is 12.5. The van der Waals surface area contributed by atoms with Crippen LogP contribution in [-0.2, 0) is 23.8 Å². The van der Waals surface area contributed by atoms with E-state index in [2.05, 4.69) is 13.8 Å². The maximum absolute atomic E-state index is 12.5. The first-order chi connectivity index (χ1) is 10.1. The van der Waals surface area contributed by atoms with Crippen LogP contribution in [0.15, 0.2) is 0 Å². The smallest absolute Gasteiger partial charge is 0.314 e. The molecule has 5 heteroatoms. The Morgan fingerprint density at radius 2 is 1.77 bits per heavy atom. The second-order valence-corrected chi connectivity index (χ2v) is 8.43. The normalized spacial score (nSPS) is 55.2. The topological polar surface area (TPSA) is 61.8 Å². The number of ether oxygens (including phenoxy) is 3. The third-order valence-electron chi connectivity index (χ3n) is 7.24. The van der Waals surface area contributed by atoms with E-state index in [1.54, 1.807) is 13.8 Å². The minimum atomic E-state index is -0.911. The van der Waals surface area contributed by atoms with Crippen molar-refractivity contribution in [3.8, 4) is 0 Å². The molecule has 2 saturated heterocycles. The Morgan fingerprint density at radius 1 is 1.09 bits per heavy atom. The maximum Gasteiger partial charge on any atom is 0.314 e. The SMILES string of the molecule is C[C@H]1[C@@H]2C(=O)OC(C)(C)O[C@@]23CC[C@]2(C)C(=O)OC[C@@H]2[C@@]13C. The molecule has 0 aromatic rings. The summed E-state index contributed by atoms with van der Waals surface area (Å²) in [5.41, 5.74) is -1.22. The molecule has 1 spiro atoms. The van der Waals surface area contributed by atoms with Crippen LogP contribution >= 0.6 is 0 Å². The molecule has 0 aromatic heterocycles. The lowest BCUT2D eigenvalue weighted by Gasteiger charge is -2.74. The van der Waals surface area contributed by atoms with E-state index in [-0.39, 0.29) is 35.1 Å². The van der Waals surface area contributed by atoms with E-state index in [9.17, 15) is 9.59 Å². The van der Waals surface area contributed by atoms with Crippen molar-refractivity contribution in [2.75, 3.05) is 6.61 Å². The molecule has 4 rings (SSSR count). The van der Waals surface area contributed by atoms with Crippen LogP contribution in [0.3, 0.4) is 0 Å². The standard InChI is InChI=1S/C17H24O5/c1-9-11-12(18)21-14(2,3)22-17(11)7-6-15(4)10(16(9,17)5)8-20-13(15)19/h9-11H,6-8H2,1-5H3/t9-,10-,11+,15-,16+,17-/m0/s1. The fourth-order valence-corrected chi connectivity index (χ4v) is 6.00. The van der Waals surface area contributed by atoms with E-state index >= 15 is 0 Å². The molecule has 2 aliphatic heterocycles. The molecule has 2 saturated carbocycles. The van der Waals surface area contributed by atoms with Gasteiger partial charge in [0.25, 0.3) is 0 Å². The summed E-state index contributed by atoms with van der Waals surface area (Å²) in [6.07, 6.45) is 1.41. The van der Waals surface area contributed by atoms with Crippen LogP contribution in [-0.4, -0.2) is 29.9 Å². The highest BCUT2D eigenvalue weighted by atomic mass is 16.7. The molecule has 0 radical (unpaired) electrons. The molecule has 6 atom stereocenters. The number of fused-ring (bicyclic) bond motifs is 2. The molecule has 2 heterocycles. The summed E-state index contributed by atoms with van der Waals surface area (Å²) < 4.78 is 17.3. The number of hydrogen-bond acceptors (Lipinski definition) is 5. The van der Waals surface area contributed by atoms with Gasteiger partial charge in [0.05, 0.1) is 23.5 Å². The molecule has 0 amide bonds. The van der Waals surface area contributed by atoms with E-state index in [1.165, 1.54) is 0 Å². The van der Waals surface area contributed by atoms with Crippen molar-refractivity contribution in [3.05, 3.63) is 0 Å². The zero-order chi connectivity index (χ0) is 16.1. The van der Waals surface area contributed by atoms with Crippen molar-refractivity contribution in [1.82, 2.24) is 0 Å². The number of carbonyl (C=O) groups is 2. The summed E-state index contributed by atoms with van der Waals surface area (Å²) in [5.74, 6) is -1.18. The lowest BCUT2D eigenvalue weighted by molar-refractivity contribution is -0.409. The number of hydrogen-bond donors (Lipinski definition) is 0. The van der Waals surface area contributed by atoms with Crippen LogP contribution < -0.4 is 0 Å². The fourth-order valence-electron chi connectivity index (χ4n) is 6.00. The van der Waals surface area contributed by atoms with Crippen LogP contribution in [0.2, 0.25) is 0 Å². The zero-order valence-electron chi connectivity index (χ0n) is 13.9. The van der Waals surface area contributed by atoms with Crippen LogP contribution in [0.1, 0.15) is 47.5 Å². The van der Waals surface area contributed by atoms with Gasteiger partial charge >= 0.3 is 11.9 Å². The van der Waals surface area contributed by atoms with Gasteiger partial charge in [0.15, 0.2) is 0 Å². The second kappa shape index (κ2) is 3.69. The first-order valence-electron chi connectivity index (χ1n) is 8.19. The summed E-state index contributed by atoms with van der Waals surface area (Å²) in [7, 11) is 0. The van der Waals surface area contributed by atoms with Crippen molar-refractivity contribution in [2.45, 2.75) is 58.8 Å². The van der Waals surface area contributed by atoms with Crippen LogP contribution in [0.25, 0.3) is 0 Å². The molecule has 5 nitrogen and oxygen atoms in total. The van der Waals surface area contributed by atoms with Gasteiger partial charge in [0.2, 0.25) is 5.79 Å². The van der Waals surface area contributed by atoms with Gasteiger partial charge in [-0.2, -0.15) is 0 Å². The van der Waals surface area contributed by atoms with Crippen molar-refractivity contribution in [2.24, 2.45) is 28.6 Å². The van der Waals surface area contributed by atoms with Gasteiger partial charge in [0, 0.05) is 25.2 Å². The van der Waals surface area contributed by atoms with Gasteiger partial charge in [-0.15, -0.1) is 0 Å². The minimum Gasteiger partial charge on any atom is -0.465 e. The summed E-state index contributed by atoms with van der Waals surface area (Å²) in [6.45, 7) is 10.3. The lowest BCUT2D eigenvalue weighted by Crippen LogP contribution is -2.81. The van der Waals surface area contributed by atoms with Crippen molar-refractivity contribution in [3.63, 3.8) is 0 Å². The molecule has 2 aliphatic carbocycles. The van der Waals surface area contributed by atoms with E-state index in [4.69, 9.17) is 14.2 Å². The number of carbonyl (C=O) groups excluding carboxylic acids is 2. The highest BCUT2D eigenvalue weighted by Crippen LogP contribution is 2.75. The average molecular weight is 308 g/mol. The first-order valence-corrected chi connectivity index (χ1v) is 8.19. The summed E-state index contributed by atoms with van der Waals surface area (Å²) in [5, 5.41) is 0. The average Bonchev–Trinajstić information content (AvgIpc) is 2.70. The molecule has 4 fully saturated rings. The number of cyclic esters (lactones) is 2. The summed E-state index contributed by atoms with van der Waals surface area (Å²) >= 11 is 0. The van der Waals surface area contributed by atoms with E-state index in [0.717, 1.165) is 0 Å². The molecule has 0 unspecified atom stereocenters. The van der Waals surface area contributed by atoms with E-state index in [1.807, 2.05) is 6.92 Å². The van der Waals surface area contributed by atoms with Gasteiger partial charge in [-0.1, -0.05) is 13.8 Å². The number of esters is 2. The monoisotopic (exact) mass is 308 g/mol. The Balaban J connectivity index is 1.83. The highest BCUT2D eigenvalue weighted by molar-refractivity contribution is 5.82. The lowest BCUT2D eigenvalue weighted by atomic mass is 9.34. The van der Waals surface area contributed by atoms with Gasteiger partial charge in [-0.3, -0.25) is 9.59 Å². The quantitative estimate of drug-likeness (QED) is 0.643. The minimum absolute atomic E-state index is 0.0919. The van der Waals surface area contributed by atoms with Gasteiger partial charge in [0.1, 0.15) is 0 Å². The van der Waals surface area contributed by atoms with Gasteiger partial charge in [-0.25, -0.2) is 0 Å². The number of rotatable bonds is 0. The molecule has 122 valence electrons. The summed E-state index contributed by atoms with van der Waals surface area (Å²) in [4.78, 5) is 24.8. The van der Waals surface area contributed by atoms with E-state index < -0.39 is 16.8 Å². The second-order valence-electron chi connectivity index (χ2n) is 8.43. The Labute approximate surface area is 130 Å². The third kappa shape index (κ3) is 1.28. The van der Waals surface area contributed by atoms with Crippen molar-refractivity contribution in [1.29, 1.82) is 0 Å². The van der Waals surface area contributed by atoms with Crippen LogP contribution in [0.5, 0.6) is 0 Å². The molecule has 0 bridgehead atoms. The molecule has 22 heavy (non-hydrogen) atoms. The van der Waals surface area contributed by atoms with Crippen LogP contribution in [0, 0.1) is 28.6 Å². The fraction of sp³-hybridized carbons (Fsp3) is 0.882. The predicted molar refractivity (Wildman–Crippen MR) is 76.5 cm³/mol. The van der Waals surface area contributed by atoms with Gasteiger partial charge < -0.3 is 14.2 Å². The largest absolute Gasteiger partial charge is 0.465 e. The molecule has 0 aromatic carbocycles. The highest BCUT2D eigenvalue weighted by Gasteiger charge is 2.81. The summed E-state index contributed by atoms with van der Waals surface area (Å²) in [6, 6.07) is 0. The van der Waals surface area contributed by atoms with Crippen LogP contribution in [0.4, 0.5) is 0 Å². The first kappa shape index (κ1) is 14.5. The molecular weight excluding hydrogens is 284 g/mol. The molecule has 4 aliphatic rings. The Hall–Kier alpha value is -1.10. The van der Waals surface area contributed by atoms with Crippen molar-refractivity contribution >= 4 is 11.9 Å². The van der Waals surface area contributed by atoms with Gasteiger partial charge in [-0.05, 0) is 25.7 Å². The Bertz CT molecular complexity index is 584.